The summed E-state index contributed by atoms with van der Waals surface area (Å²) in [6.45, 7) is 39.0. The average Bonchev–Trinajstić information content (AvgIpc) is 1.57. The van der Waals surface area contributed by atoms with Gasteiger partial charge in [0.25, 0.3) is 0 Å². The number of hydrogen-bond acceptors (Lipinski definition) is 16. The van der Waals surface area contributed by atoms with Gasteiger partial charge in [-0.15, -0.1) is 0 Å². The van der Waals surface area contributed by atoms with Gasteiger partial charge in [-0.2, -0.15) is 0 Å². The lowest BCUT2D eigenvalue weighted by Crippen LogP contribution is -2.62. The number of ketones is 1. The van der Waals surface area contributed by atoms with Crippen molar-refractivity contribution in [2.45, 2.75) is 362 Å². The number of benzene rings is 4. The van der Waals surface area contributed by atoms with Crippen molar-refractivity contribution in [1.29, 1.82) is 0 Å². The first-order chi connectivity index (χ1) is 65.9. The summed E-state index contributed by atoms with van der Waals surface area (Å²) < 4.78 is 13.8. The Hall–Kier alpha value is -7.48. The van der Waals surface area contributed by atoms with Crippen LogP contribution in [0.15, 0.2) is 109 Å². The first-order valence-electron chi connectivity index (χ1n) is 54.4. The lowest BCUT2D eigenvalue weighted by molar-refractivity contribution is -0.144. The van der Waals surface area contributed by atoms with Crippen molar-refractivity contribution in [2.24, 2.45) is 52.3 Å². The molecule has 4 aromatic carbocycles. The molecule has 138 heavy (non-hydrogen) atoms. The molecular weight excluding hydrogens is 1720 g/mol. The van der Waals surface area contributed by atoms with Crippen molar-refractivity contribution in [1.82, 2.24) is 65.8 Å². The molecule has 6 heterocycles. The highest BCUT2D eigenvalue weighted by atomic mass is 16.5. The molecule has 0 bridgehead atoms. The van der Waals surface area contributed by atoms with Crippen LogP contribution in [0.25, 0.3) is 0 Å². The quantitative estimate of drug-likeness (QED) is 0.0259. The van der Waals surface area contributed by atoms with E-state index in [-0.39, 0.29) is 156 Å². The number of unbranched alkanes of at least 4 members (excludes halogenated alkanes) is 1. The fourth-order valence-corrected chi connectivity index (χ4v) is 25.3. The number of ether oxygens (including phenoxy) is 2. The molecule has 4 aromatic rings. The van der Waals surface area contributed by atoms with Crippen LogP contribution in [0.2, 0.25) is 0 Å². The van der Waals surface area contributed by atoms with Gasteiger partial charge in [0.2, 0.25) is 41.4 Å². The van der Waals surface area contributed by atoms with Gasteiger partial charge in [-0.05, 0) is 257 Å². The first-order valence-corrected chi connectivity index (χ1v) is 54.4. The molecule has 6 saturated heterocycles. The Morgan fingerprint density at radius 1 is 0.471 bits per heavy atom. The highest BCUT2D eigenvalue weighted by Gasteiger charge is 2.59. The van der Waals surface area contributed by atoms with E-state index in [9.17, 15) is 38.4 Å². The Morgan fingerprint density at radius 3 is 1.43 bits per heavy atom. The summed E-state index contributed by atoms with van der Waals surface area (Å²) in [4.78, 5) is 131. The number of carbonyl (C=O) groups excluding carboxylic acids is 8. The van der Waals surface area contributed by atoms with Gasteiger partial charge in [-0.1, -0.05) is 224 Å². The van der Waals surface area contributed by atoms with Crippen LogP contribution in [-0.4, -0.2) is 271 Å². The third-order valence-electron chi connectivity index (χ3n) is 35.0. The van der Waals surface area contributed by atoms with Crippen LogP contribution >= 0.6 is 0 Å². The summed E-state index contributed by atoms with van der Waals surface area (Å²) in [6, 6.07) is 38.0. The van der Waals surface area contributed by atoms with Crippen LogP contribution in [-0.2, 0) is 73.5 Å². The molecule has 2 unspecified atom stereocenters. The normalized spacial score (nSPS) is 26.5. The number of aryl methyl sites for hydroxylation is 2. The van der Waals surface area contributed by atoms with Gasteiger partial charge in [0.05, 0.1) is 43.0 Å². The highest BCUT2D eigenvalue weighted by molar-refractivity contribution is 5.92. The number of nitrogens with one attached hydrogen (secondary N) is 5. The summed E-state index contributed by atoms with van der Waals surface area (Å²) in [5, 5.41) is 15.9. The van der Waals surface area contributed by atoms with Crippen LogP contribution in [0.3, 0.4) is 0 Å². The van der Waals surface area contributed by atoms with Crippen LogP contribution in [0.1, 0.15) is 303 Å². The molecule has 23 heteroatoms. The fourth-order valence-electron chi connectivity index (χ4n) is 25.3. The van der Waals surface area contributed by atoms with Crippen molar-refractivity contribution >= 4 is 47.1 Å². The molecule has 10 aliphatic rings. The van der Waals surface area contributed by atoms with Gasteiger partial charge in [0, 0.05) is 133 Å². The first kappa shape index (κ1) is 109. The van der Waals surface area contributed by atoms with Gasteiger partial charge in [-0.25, -0.2) is 0 Å². The van der Waals surface area contributed by atoms with Crippen LogP contribution in [0.5, 0.6) is 0 Å². The Bertz CT molecular complexity index is 4390. The number of Topliss-reactive ketones (excluding diaryl/α,β-unsaturated/α-hetero) is 1. The van der Waals surface area contributed by atoms with Crippen molar-refractivity contribution < 1.29 is 47.8 Å². The SMILES string of the molecule is C.CC[C@@H](C)C(=O)N[C@H](C(=O)N1CCC[C@H]1CN(CCCCN(C[C@@H]1CCCN1C(=O)[C@@H](NC(=O)[C@H](C)NC)C1CCCCC1)C1CCc2ccccc21)C1CCc2ccccc21)C1CCCCC1.CC[C@@H](C)C(=O)N[C@H](C(=O)N1CC[C@@]2(C)C[C@@H](OCCO[C@H]3CN(CCc4ccccc4)C[C@H]4N(C(=O)[C@@H](CC(=O)[C@H](C)NC)C(C)C)CC[C@@]4(C)C3)CN(CCc3ccccc3)C[C@@]12C)C(C)C. The van der Waals surface area contributed by atoms with Crippen LogP contribution < -0.4 is 26.6 Å². The summed E-state index contributed by atoms with van der Waals surface area (Å²) in [5.74, 6) is 0.128. The number of fused-ring (bicyclic) bond motifs is 4. The molecular formula is C115H181N13O10. The lowest BCUT2D eigenvalue weighted by Gasteiger charge is -2.47. The van der Waals surface area contributed by atoms with Crippen LogP contribution in [0, 0.1) is 52.3 Å². The molecule has 4 aliphatic carbocycles. The van der Waals surface area contributed by atoms with E-state index in [2.05, 4.69) is 217 Å². The topological polar surface area (TPSA) is 241 Å². The minimum atomic E-state index is -0.584. The zero-order chi connectivity index (χ0) is 97.7. The molecule has 766 valence electrons. The maximum Gasteiger partial charge on any atom is 0.245 e. The third-order valence-corrected chi connectivity index (χ3v) is 35.0. The van der Waals surface area contributed by atoms with E-state index in [1.807, 2.05) is 48.5 Å². The Morgan fingerprint density at radius 2 is 0.942 bits per heavy atom. The molecule has 23 nitrogen and oxygen atoms in total. The second kappa shape index (κ2) is 51.6. The van der Waals surface area contributed by atoms with Crippen LogP contribution in [0.4, 0.5) is 0 Å². The van der Waals surface area contributed by atoms with Gasteiger partial charge >= 0.3 is 0 Å². The number of hydrogen-bond donors (Lipinski definition) is 5. The number of likely N-dealkylation sites (N-methyl/N-ethyl adjacent to an activating group) is 2. The van der Waals surface area contributed by atoms with E-state index in [1.54, 1.807) is 14.1 Å². The predicted octanol–water partition coefficient (Wildman–Crippen LogP) is 16.4. The molecule has 14 rings (SSSR count). The predicted molar refractivity (Wildman–Crippen MR) is 554 cm³/mol. The maximum absolute atomic E-state index is 14.8. The summed E-state index contributed by atoms with van der Waals surface area (Å²) in [6.07, 6.45) is 28.2. The second-order valence-electron chi connectivity index (χ2n) is 44.9. The minimum Gasteiger partial charge on any atom is -0.374 e. The van der Waals surface area contributed by atoms with Gasteiger partial charge in [-0.3, -0.25) is 58.0 Å². The fraction of sp³-hybridized carbons (Fsp3) is 0.722. The highest BCUT2D eigenvalue weighted by Crippen LogP contribution is 2.52. The van der Waals surface area contributed by atoms with E-state index in [4.69, 9.17) is 9.47 Å². The van der Waals surface area contributed by atoms with Crippen molar-refractivity contribution in [3.63, 3.8) is 0 Å². The van der Waals surface area contributed by atoms with Crippen molar-refractivity contribution in [3.8, 4) is 0 Å². The maximum atomic E-state index is 14.8. The van der Waals surface area contributed by atoms with E-state index in [0.29, 0.717) is 38.4 Å². The third kappa shape index (κ3) is 27.3. The lowest BCUT2D eigenvalue weighted by atomic mass is 9.69. The van der Waals surface area contributed by atoms with E-state index >= 15 is 0 Å². The number of rotatable bonds is 43. The molecule has 8 fully saturated rings. The summed E-state index contributed by atoms with van der Waals surface area (Å²) in [5.41, 5.74) is 7.56. The average molecular weight is 1910 g/mol. The smallest absolute Gasteiger partial charge is 0.245 e. The number of amides is 7. The van der Waals surface area contributed by atoms with Crippen molar-refractivity contribution in [2.75, 3.05) is 119 Å². The zero-order valence-electron chi connectivity index (χ0n) is 86.8. The molecule has 0 spiro atoms. The Balaban J connectivity index is 0.000000246. The van der Waals surface area contributed by atoms with Gasteiger partial charge in [0.15, 0.2) is 0 Å². The standard InChI is InChI=1S/C57H87N7O4.C57H90N6O6.CH4/c1-5-40(2)54(65)59-52(44-22-8-6-9-23-44)56(67)63-36-18-26-46(63)38-61(50-32-30-42-20-12-14-28-48(42)50)34-16-17-35-62(51-33-31-43-21-13-15-29-49(43)51)39-47-27-19-37-64(47)57(68)53(45-24-10-7-11-25-45)60-55(66)41(3)58-4;1-12-42(6)52(65)59-51(41(4)5)54(67)63-30-26-56(9)35-47(37-61(39-57(56,63)10)28-24-45-21-17-14-18-22-45)69-32-31-68-46-34-55(8)25-29-62(53(66)48(40(2)3)33-49(64)43(7)58-11)50(55)38-60(36-46)27-23-44-19-15-13-16-20-44;/h12-15,20-21,28-29,40-41,44-47,50-53,58H,5-11,16-19,22-27,30-39H2,1-4H3,(H,59,65)(H,60,66);13-22,40-43,46-48,50-51,58H,12,23-39H2,1-11H3,(H,59,65);1H4/t40-,41+,46+,47+,50?,51?,52+,53+;42-,43+,46-,47-,48+,50-,51+,55+,56+,57-;/m11./s1. The second-order valence-corrected chi connectivity index (χ2v) is 44.9. The summed E-state index contributed by atoms with van der Waals surface area (Å²) in [7, 11) is 3.60. The van der Waals surface area contributed by atoms with E-state index in [0.717, 1.165) is 245 Å². The van der Waals surface area contributed by atoms with Gasteiger partial charge < -0.3 is 55.7 Å². The summed E-state index contributed by atoms with van der Waals surface area (Å²) >= 11 is 0. The molecule has 0 aromatic heterocycles. The van der Waals surface area contributed by atoms with E-state index < -0.39 is 23.7 Å². The zero-order valence-corrected chi connectivity index (χ0v) is 86.8. The number of carbonyl (C=O) groups is 8. The minimum absolute atomic E-state index is 0. The molecule has 18 atom stereocenters. The molecule has 7 amide bonds. The Kier molecular flexibility index (Phi) is 40.9. The molecule has 2 saturated carbocycles. The number of likely N-dealkylation sites (tertiary alicyclic amines) is 6. The van der Waals surface area contributed by atoms with Crippen molar-refractivity contribution in [3.05, 3.63) is 143 Å². The molecule has 6 aliphatic heterocycles. The monoisotopic (exact) mass is 1900 g/mol. The van der Waals surface area contributed by atoms with E-state index in [1.165, 1.54) is 46.2 Å². The Labute approximate surface area is 831 Å². The van der Waals surface area contributed by atoms with Gasteiger partial charge in [0.1, 0.15) is 23.9 Å². The molecule has 0 radical (unpaired) electrons. The molecule has 5 N–H and O–H groups in total. The largest absolute Gasteiger partial charge is 0.374 e. The number of nitrogens with zero attached hydrogens (tertiary/aromatic N) is 8.